The van der Waals surface area contributed by atoms with Gasteiger partial charge in [-0.25, -0.2) is 14.5 Å². The first-order valence-electron chi connectivity index (χ1n) is 11.8. The van der Waals surface area contributed by atoms with Crippen LogP contribution in [0.3, 0.4) is 0 Å². The van der Waals surface area contributed by atoms with Gasteiger partial charge in [0.25, 0.3) is 5.91 Å². The normalized spacial score (nSPS) is 15.1. The van der Waals surface area contributed by atoms with Crippen LogP contribution in [0.4, 0.5) is 4.79 Å². The summed E-state index contributed by atoms with van der Waals surface area (Å²) in [6.07, 6.45) is 2.68. The number of alkyl carbamates (subject to hydrolysis) is 1. The minimum atomic E-state index is -0.537. The summed E-state index contributed by atoms with van der Waals surface area (Å²) in [5.41, 5.74) is 2.48. The predicted octanol–water partition coefficient (Wildman–Crippen LogP) is 4.81. The lowest BCUT2D eigenvalue weighted by molar-refractivity contribution is 0.0474. The molecule has 8 nitrogen and oxygen atoms in total. The SMILES string of the molecule is CC(C)n1ncc2c(C(=O)N3CCC(NC(=O)OC(C)(C)C)CC3)cc(-c3ccccc3)nc21. The van der Waals surface area contributed by atoms with E-state index in [1.165, 1.54) is 0 Å². The first-order valence-corrected chi connectivity index (χ1v) is 11.8. The van der Waals surface area contributed by atoms with Crippen molar-refractivity contribution in [2.24, 2.45) is 0 Å². The van der Waals surface area contributed by atoms with E-state index in [1.807, 2.05) is 80.6 Å². The van der Waals surface area contributed by atoms with Gasteiger partial charge in [0.2, 0.25) is 0 Å². The molecule has 8 heteroatoms. The highest BCUT2D eigenvalue weighted by Crippen LogP contribution is 2.28. The van der Waals surface area contributed by atoms with E-state index in [0.29, 0.717) is 37.1 Å². The summed E-state index contributed by atoms with van der Waals surface area (Å²) < 4.78 is 7.22. The highest BCUT2D eigenvalue weighted by Gasteiger charge is 2.28. The smallest absolute Gasteiger partial charge is 0.407 e. The maximum absolute atomic E-state index is 13.6. The van der Waals surface area contributed by atoms with Crippen LogP contribution in [0.5, 0.6) is 0 Å². The minimum absolute atomic E-state index is 0.0140. The van der Waals surface area contributed by atoms with Crippen LogP contribution in [0.15, 0.2) is 42.6 Å². The summed E-state index contributed by atoms with van der Waals surface area (Å²) in [4.78, 5) is 32.5. The number of rotatable bonds is 4. The lowest BCUT2D eigenvalue weighted by atomic mass is 10.0. The number of aromatic nitrogens is 3. The first-order chi connectivity index (χ1) is 16.1. The summed E-state index contributed by atoms with van der Waals surface area (Å²) in [6.45, 7) is 10.7. The van der Waals surface area contributed by atoms with E-state index in [4.69, 9.17) is 9.72 Å². The van der Waals surface area contributed by atoms with Gasteiger partial charge in [-0.15, -0.1) is 0 Å². The molecule has 1 aliphatic heterocycles. The molecule has 1 N–H and O–H groups in total. The second-order valence-electron chi connectivity index (χ2n) is 10.1. The summed E-state index contributed by atoms with van der Waals surface area (Å²) in [7, 11) is 0. The van der Waals surface area contributed by atoms with Gasteiger partial charge in [-0.05, 0) is 53.5 Å². The quantitative estimate of drug-likeness (QED) is 0.600. The van der Waals surface area contributed by atoms with Crippen molar-refractivity contribution in [2.45, 2.75) is 65.1 Å². The van der Waals surface area contributed by atoms with Gasteiger partial charge in [0.05, 0.1) is 22.8 Å². The minimum Gasteiger partial charge on any atom is -0.444 e. The molecule has 0 radical (unpaired) electrons. The molecule has 1 fully saturated rings. The molecule has 3 aromatic rings. The standard InChI is InChI=1S/C26H33N5O3/c1-17(2)31-23-21(16-27-31)20(15-22(29-23)18-9-7-6-8-10-18)24(32)30-13-11-19(12-14-30)28-25(33)34-26(3,4)5/h6-10,15-17,19H,11-14H2,1-5H3,(H,28,33). The molecule has 1 saturated heterocycles. The molecular weight excluding hydrogens is 430 g/mol. The van der Waals surface area contributed by atoms with E-state index in [9.17, 15) is 9.59 Å². The van der Waals surface area contributed by atoms with E-state index in [2.05, 4.69) is 10.4 Å². The molecule has 1 aromatic carbocycles. The van der Waals surface area contributed by atoms with Crippen molar-refractivity contribution in [3.8, 4) is 11.3 Å². The first kappa shape index (κ1) is 23.7. The van der Waals surface area contributed by atoms with Gasteiger partial charge in [0.15, 0.2) is 5.65 Å². The summed E-state index contributed by atoms with van der Waals surface area (Å²) in [5, 5.41) is 8.20. The third-order valence-corrected chi connectivity index (χ3v) is 5.86. The van der Waals surface area contributed by atoms with Crippen molar-refractivity contribution in [1.29, 1.82) is 0 Å². The van der Waals surface area contributed by atoms with Crippen LogP contribution >= 0.6 is 0 Å². The molecule has 180 valence electrons. The fourth-order valence-corrected chi connectivity index (χ4v) is 4.20. The number of piperidine rings is 1. The number of amides is 2. The largest absolute Gasteiger partial charge is 0.444 e. The molecule has 2 amide bonds. The number of hydrogen-bond acceptors (Lipinski definition) is 5. The Balaban J connectivity index is 1.56. The van der Waals surface area contributed by atoms with Crippen LogP contribution in [-0.2, 0) is 4.74 Å². The van der Waals surface area contributed by atoms with Crippen molar-refractivity contribution in [3.05, 3.63) is 48.2 Å². The maximum Gasteiger partial charge on any atom is 0.407 e. The highest BCUT2D eigenvalue weighted by atomic mass is 16.6. The predicted molar refractivity (Wildman–Crippen MR) is 132 cm³/mol. The molecule has 0 bridgehead atoms. The summed E-state index contributed by atoms with van der Waals surface area (Å²) >= 11 is 0. The third kappa shape index (κ3) is 5.21. The summed E-state index contributed by atoms with van der Waals surface area (Å²) in [6, 6.07) is 11.8. The topological polar surface area (TPSA) is 89.4 Å². The van der Waals surface area contributed by atoms with Gasteiger partial charge in [0.1, 0.15) is 5.60 Å². The van der Waals surface area contributed by atoms with E-state index in [0.717, 1.165) is 16.6 Å². The van der Waals surface area contributed by atoms with E-state index in [-0.39, 0.29) is 18.0 Å². The molecule has 1 aliphatic rings. The van der Waals surface area contributed by atoms with Gasteiger partial charge in [-0.1, -0.05) is 30.3 Å². The van der Waals surface area contributed by atoms with Gasteiger partial charge in [0, 0.05) is 30.7 Å². The number of hydrogen-bond donors (Lipinski definition) is 1. The number of benzene rings is 1. The van der Waals surface area contributed by atoms with Crippen LogP contribution < -0.4 is 5.32 Å². The van der Waals surface area contributed by atoms with Crippen molar-refractivity contribution < 1.29 is 14.3 Å². The molecule has 0 aliphatic carbocycles. The Morgan fingerprint density at radius 1 is 1.12 bits per heavy atom. The van der Waals surface area contributed by atoms with Crippen LogP contribution in [0.1, 0.15) is 63.9 Å². The zero-order chi connectivity index (χ0) is 24.5. The Hall–Kier alpha value is -3.42. The molecule has 0 spiro atoms. The van der Waals surface area contributed by atoms with Gasteiger partial charge in [-0.3, -0.25) is 4.79 Å². The fourth-order valence-electron chi connectivity index (χ4n) is 4.20. The maximum atomic E-state index is 13.6. The Morgan fingerprint density at radius 3 is 2.41 bits per heavy atom. The third-order valence-electron chi connectivity index (χ3n) is 5.86. The van der Waals surface area contributed by atoms with Crippen LogP contribution in [0.25, 0.3) is 22.3 Å². The van der Waals surface area contributed by atoms with Crippen molar-refractivity contribution >= 4 is 23.0 Å². The molecule has 2 aromatic heterocycles. The number of ether oxygens (including phenoxy) is 1. The van der Waals surface area contributed by atoms with E-state index in [1.54, 1.807) is 6.20 Å². The molecule has 0 unspecified atom stereocenters. The van der Waals surface area contributed by atoms with Crippen LogP contribution in [0, 0.1) is 0 Å². The number of pyridine rings is 1. The lowest BCUT2D eigenvalue weighted by Gasteiger charge is -2.33. The van der Waals surface area contributed by atoms with E-state index >= 15 is 0 Å². The lowest BCUT2D eigenvalue weighted by Crippen LogP contribution is -2.47. The second-order valence-corrected chi connectivity index (χ2v) is 10.1. The Labute approximate surface area is 200 Å². The molecule has 4 rings (SSSR count). The van der Waals surface area contributed by atoms with Gasteiger partial charge in [-0.2, -0.15) is 5.10 Å². The number of nitrogens with zero attached hydrogens (tertiary/aromatic N) is 4. The number of carbonyl (C=O) groups excluding carboxylic acids is 2. The number of likely N-dealkylation sites (tertiary alicyclic amines) is 1. The molecule has 0 saturated carbocycles. The Morgan fingerprint density at radius 2 is 1.79 bits per heavy atom. The zero-order valence-electron chi connectivity index (χ0n) is 20.5. The molecule has 3 heterocycles. The molecular formula is C26H33N5O3. The highest BCUT2D eigenvalue weighted by molar-refractivity contribution is 6.06. The monoisotopic (exact) mass is 463 g/mol. The number of fused-ring (bicyclic) bond motifs is 1. The number of nitrogens with one attached hydrogen (secondary N) is 1. The second kappa shape index (κ2) is 9.44. The van der Waals surface area contributed by atoms with E-state index < -0.39 is 11.7 Å². The molecule has 0 atom stereocenters. The van der Waals surface area contributed by atoms with Crippen molar-refractivity contribution in [2.75, 3.05) is 13.1 Å². The summed E-state index contributed by atoms with van der Waals surface area (Å²) in [5.74, 6) is -0.0383. The Bertz CT molecular complexity index is 1170. The van der Waals surface area contributed by atoms with Crippen molar-refractivity contribution in [3.63, 3.8) is 0 Å². The Kier molecular flexibility index (Phi) is 6.59. The zero-order valence-corrected chi connectivity index (χ0v) is 20.5. The van der Waals surface area contributed by atoms with Crippen LogP contribution in [-0.4, -0.2) is 56.4 Å². The molecule has 34 heavy (non-hydrogen) atoms. The fraction of sp³-hybridized carbons (Fsp3) is 0.462. The number of carbonyl (C=O) groups is 2. The average Bonchev–Trinajstić information content (AvgIpc) is 3.22. The van der Waals surface area contributed by atoms with Crippen molar-refractivity contribution in [1.82, 2.24) is 25.0 Å². The van der Waals surface area contributed by atoms with Gasteiger partial charge < -0.3 is 15.0 Å². The van der Waals surface area contributed by atoms with Gasteiger partial charge >= 0.3 is 6.09 Å². The average molecular weight is 464 g/mol. The van der Waals surface area contributed by atoms with Crippen LogP contribution in [0.2, 0.25) is 0 Å².